The molecule has 1 aromatic heterocycles. The number of methoxy groups -OCH3 is 1. The first kappa shape index (κ1) is 15.7. The Labute approximate surface area is 127 Å². The number of amides is 1. The topological polar surface area (TPSA) is 110 Å². The van der Waals surface area contributed by atoms with Crippen LogP contribution in [0.2, 0.25) is 0 Å². The van der Waals surface area contributed by atoms with Gasteiger partial charge in [-0.3, -0.25) is 4.79 Å². The lowest BCUT2D eigenvalue weighted by atomic mass is 10.3. The monoisotopic (exact) mass is 322 g/mol. The average molecular weight is 322 g/mol. The van der Waals surface area contributed by atoms with Gasteiger partial charge in [0.05, 0.1) is 24.4 Å². The molecule has 8 nitrogen and oxygen atoms in total. The smallest absolute Gasteiger partial charge is 0.264 e. The highest BCUT2D eigenvalue weighted by atomic mass is 32.2. The van der Waals surface area contributed by atoms with E-state index in [4.69, 9.17) is 4.74 Å². The molecule has 0 radical (unpaired) electrons. The van der Waals surface area contributed by atoms with E-state index < -0.39 is 10.0 Å². The first-order chi connectivity index (χ1) is 10.4. The Kier molecular flexibility index (Phi) is 4.56. The Morgan fingerprint density at radius 3 is 2.23 bits per heavy atom. The first-order valence-electron chi connectivity index (χ1n) is 6.17. The van der Waals surface area contributed by atoms with E-state index in [-0.39, 0.29) is 16.8 Å². The summed E-state index contributed by atoms with van der Waals surface area (Å²) < 4.78 is 31.5. The van der Waals surface area contributed by atoms with Crippen molar-refractivity contribution in [3.05, 3.63) is 36.7 Å². The molecule has 0 saturated heterocycles. The van der Waals surface area contributed by atoms with Crippen LogP contribution in [0.15, 0.2) is 41.6 Å². The van der Waals surface area contributed by atoms with E-state index in [0.29, 0.717) is 11.4 Å². The van der Waals surface area contributed by atoms with Crippen LogP contribution in [0.1, 0.15) is 6.92 Å². The molecule has 22 heavy (non-hydrogen) atoms. The Hall–Kier alpha value is -2.68. The third-order valence-electron chi connectivity index (χ3n) is 2.57. The number of hydrogen-bond donors (Lipinski definition) is 2. The van der Waals surface area contributed by atoms with E-state index in [1.807, 2.05) is 0 Å². The fourth-order valence-electron chi connectivity index (χ4n) is 1.57. The minimum absolute atomic E-state index is 0.0287. The SMILES string of the molecule is COc1cnc(NS(=O)(=O)c2ccc(NC(C)=O)cc2)nc1. The average Bonchev–Trinajstić information content (AvgIpc) is 2.47. The number of ether oxygens (including phenoxy) is 1. The number of carbonyl (C=O) groups is 1. The van der Waals surface area contributed by atoms with E-state index >= 15 is 0 Å². The maximum atomic E-state index is 12.2. The van der Waals surface area contributed by atoms with Crippen molar-refractivity contribution in [3.63, 3.8) is 0 Å². The molecule has 0 atom stereocenters. The van der Waals surface area contributed by atoms with Gasteiger partial charge in [-0.05, 0) is 24.3 Å². The van der Waals surface area contributed by atoms with Gasteiger partial charge in [0, 0.05) is 12.6 Å². The van der Waals surface area contributed by atoms with Crippen molar-refractivity contribution in [2.45, 2.75) is 11.8 Å². The molecule has 9 heteroatoms. The molecule has 1 heterocycles. The van der Waals surface area contributed by atoms with Crippen molar-refractivity contribution in [2.24, 2.45) is 0 Å². The fourth-order valence-corrected chi connectivity index (χ4v) is 2.53. The molecule has 0 unspecified atom stereocenters. The molecular weight excluding hydrogens is 308 g/mol. The Morgan fingerprint density at radius 2 is 1.73 bits per heavy atom. The van der Waals surface area contributed by atoms with Crippen molar-refractivity contribution < 1.29 is 17.9 Å². The minimum atomic E-state index is -3.81. The van der Waals surface area contributed by atoms with Crippen molar-refractivity contribution >= 4 is 27.6 Å². The van der Waals surface area contributed by atoms with Crippen LogP contribution in [0.4, 0.5) is 11.6 Å². The molecule has 2 aromatic rings. The summed E-state index contributed by atoms with van der Waals surface area (Å²) >= 11 is 0. The summed E-state index contributed by atoms with van der Waals surface area (Å²) in [6.45, 7) is 1.37. The standard InChI is InChI=1S/C13H14N4O4S/c1-9(18)16-10-3-5-12(6-4-10)22(19,20)17-13-14-7-11(21-2)8-15-13/h3-8H,1-2H3,(H,16,18)(H,14,15,17). The van der Waals surface area contributed by atoms with Crippen LogP contribution < -0.4 is 14.8 Å². The number of carbonyl (C=O) groups excluding carboxylic acids is 1. The van der Waals surface area contributed by atoms with Gasteiger partial charge < -0.3 is 10.1 Å². The van der Waals surface area contributed by atoms with Gasteiger partial charge in [0.15, 0.2) is 5.75 Å². The van der Waals surface area contributed by atoms with Gasteiger partial charge in [-0.25, -0.2) is 23.1 Å². The molecule has 0 fully saturated rings. The summed E-state index contributed by atoms with van der Waals surface area (Å²) in [5.74, 6) is 0.120. The van der Waals surface area contributed by atoms with Crippen LogP contribution in [0.25, 0.3) is 0 Å². The molecule has 0 bridgehead atoms. The Bertz CT molecular complexity index is 758. The lowest BCUT2D eigenvalue weighted by Gasteiger charge is -2.08. The van der Waals surface area contributed by atoms with Crippen LogP contribution in [0.5, 0.6) is 5.75 Å². The van der Waals surface area contributed by atoms with Gasteiger partial charge in [0.1, 0.15) is 0 Å². The summed E-state index contributed by atoms with van der Waals surface area (Å²) in [7, 11) is -2.35. The number of sulfonamides is 1. The van der Waals surface area contributed by atoms with Crippen LogP contribution in [0, 0.1) is 0 Å². The van der Waals surface area contributed by atoms with Gasteiger partial charge >= 0.3 is 0 Å². The highest BCUT2D eigenvalue weighted by Crippen LogP contribution is 2.17. The van der Waals surface area contributed by atoms with E-state index in [9.17, 15) is 13.2 Å². The number of hydrogen-bond acceptors (Lipinski definition) is 6. The number of nitrogens with zero attached hydrogens (tertiary/aromatic N) is 2. The van der Waals surface area contributed by atoms with Gasteiger partial charge in [-0.15, -0.1) is 0 Å². The zero-order valence-electron chi connectivity index (χ0n) is 11.9. The summed E-state index contributed by atoms with van der Waals surface area (Å²) in [6.07, 6.45) is 2.70. The molecule has 1 aromatic carbocycles. The maximum absolute atomic E-state index is 12.2. The summed E-state index contributed by atoms with van der Waals surface area (Å²) in [4.78, 5) is 18.6. The first-order valence-corrected chi connectivity index (χ1v) is 7.65. The zero-order chi connectivity index (χ0) is 16.2. The Balaban J connectivity index is 2.16. The highest BCUT2D eigenvalue weighted by molar-refractivity contribution is 7.92. The predicted molar refractivity (Wildman–Crippen MR) is 80.1 cm³/mol. The number of rotatable bonds is 5. The lowest BCUT2D eigenvalue weighted by molar-refractivity contribution is -0.114. The molecule has 0 aliphatic heterocycles. The van der Waals surface area contributed by atoms with Gasteiger partial charge in [-0.2, -0.15) is 0 Å². The highest BCUT2D eigenvalue weighted by Gasteiger charge is 2.15. The molecule has 2 rings (SSSR count). The zero-order valence-corrected chi connectivity index (χ0v) is 12.7. The number of aromatic nitrogens is 2. The van der Waals surface area contributed by atoms with E-state index in [1.54, 1.807) is 0 Å². The molecule has 2 N–H and O–H groups in total. The normalized spacial score (nSPS) is 10.8. The largest absolute Gasteiger partial charge is 0.494 e. The van der Waals surface area contributed by atoms with E-state index in [1.165, 1.54) is 50.7 Å². The fraction of sp³-hybridized carbons (Fsp3) is 0.154. The van der Waals surface area contributed by atoms with Crippen LogP contribution in [-0.4, -0.2) is 31.4 Å². The number of nitrogens with one attached hydrogen (secondary N) is 2. The van der Waals surface area contributed by atoms with Gasteiger partial charge in [0.2, 0.25) is 11.9 Å². The van der Waals surface area contributed by atoms with Crippen LogP contribution in [0.3, 0.4) is 0 Å². The molecule has 0 spiro atoms. The quantitative estimate of drug-likeness (QED) is 0.857. The summed E-state index contributed by atoms with van der Waals surface area (Å²) in [5, 5.41) is 2.55. The summed E-state index contributed by atoms with van der Waals surface area (Å²) in [6, 6.07) is 5.73. The second kappa shape index (κ2) is 6.39. The number of benzene rings is 1. The van der Waals surface area contributed by atoms with Crippen LogP contribution in [-0.2, 0) is 14.8 Å². The lowest BCUT2D eigenvalue weighted by Crippen LogP contribution is -2.15. The van der Waals surface area contributed by atoms with E-state index in [0.717, 1.165) is 0 Å². The minimum Gasteiger partial charge on any atom is -0.494 e. The maximum Gasteiger partial charge on any atom is 0.264 e. The van der Waals surface area contributed by atoms with Gasteiger partial charge in [0.25, 0.3) is 10.0 Å². The predicted octanol–water partition coefficient (Wildman–Crippen LogP) is 1.24. The van der Waals surface area contributed by atoms with Gasteiger partial charge in [-0.1, -0.05) is 0 Å². The molecule has 0 saturated carbocycles. The third kappa shape index (κ3) is 3.92. The second-order valence-electron chi connectivity index (χ2n) is 4.26. The molecule has 116 valence electrons. The Morgan fingerprint density at radius 1 is 1.14 bits per heavy atom. The van der Waals surface area contributed by atoms with Crippen molar-refractivity contribution in [2.75, 3.05) is 17.1 Å². The van der Waals surface area contributed by atoms with Crippen LogP contribution >= 0.6 is 0 Å². The van der Waals surface area contributed by atoms with Crippen molar-refractivity contribution in [1.29, 1.82) is 0 Å². The van der Waals surface area contributed by atoms with E-state index in [2.05, 4.69) is 20.0 Å². The molecular formula is C13H14N4O4S. The molecule has 0 aliphatic rings. The second-order valence-corrected chi connectivity index (χ2v) is 5.94. The summed E-state index contributed by atoms with van der Waals surface area (Å²) in [5.41, 5.74) is 0.507. The number of anilines is 2. The third-order valence-corrected chi connectivity index (χ3v) is 3.92. The molecule has 1 amide bonds. The van der Waals surface area contributed by atoms with Crippen molar-refractivity contribution in [3.8, 4) is 5.75 Å². The van der Waals surface area contributed by atoms with Crippen molar-refractivity contribution in [1.82, 2.24) is 9.97 Å². The molecule has 0 aliphatic carbocycles.